The molecule has 0 spiro atoms. The van der Waals surface area contributed by atoms with E-state index in [0.29, 0.717) is 24.8 Å². The van der Waals surface area contributed by atoms with Crippen molar-refractivity contribution in [2.75, 3.05) is 19.3 Å². The van der Waals surface area contributed by atoms with Crippen LogP contribution in [0.5, 0.6) is 0 Å². The van der Waals surface area contributed by atoms with Crippen molar-refractivity contribution < 1.29 is 27.9 Å². The van der Waals surface area contributed by atoms with Crippen molar-refractivity contribution in [3.05, 3.63) is 77.9 Å². The Kier molecular flexibility index (Phi) is 13.1. The van der Waals surface area contributed by atoms with Crippen LogP contribution in [0.3, 0.4) is 0 Å². The van der Waals surface area contributed by atoms with Crippen molar-refractivity contribution in [3.63, 3.8) is 0 Å². The fraction of sp³-hybridized carbons (Fsp3) is 0.564. The zero-order valence-electron chi connectivity index (χ0n) is 30.4. The van der Waals surface area contributed by atoms with Crippen molar-refractivity contribution in [3.8, 4) is 0 Å². The van der Waals surface area contributed by atoms with Crippen LogP contribution < -0.4 is 16.0 Å². The molecule has 50 heavy (non-hydrogen) atoms. The molecule has 11 heteroatoms. The Hall–Kier alpha value is -3.54. The third kappa shape index (κ3) is 10.7. The van der Waals surface area contributed by atoms with E-state index in [2.05, 4.69) is 20.9 Å². The summed E-state index contributed by atoms with van der Waals surface area (Å²) < 4.78 is 24.3. The zero-order chi connectivity index (χ0) is 36.7. The molecule has 0 radical (unpaired) electrons. The highest BCUT2D eigenvalue weighted by molar-refractivity contribution is 7.92. The van der Waals surface area contributed by atoms with Gasteiger partial charge < -0.3 is 21.1 Å². The first kappa shape index (κ1) is 39.2. The average Bonchev–Trinajstić information content (AvgIpc) is 3.05. The van der Waals surface area contributed by atoms with Crippen molar-refractivity contribution in [2.45, 2.75) is 108 Å². The van der Waals surface area contributed by atoms with Gasteiger partial charge in [-0.1, -0.05) is 79.9 Å². The number of hydrogen-bond donors (Lipinski definition) is 4. The highest BCUT2D eigenvalue weighted by Crippen LogP contribution is 2.39. The number of aliphatic hydroxyl groups excluding tert-OH is 1. The number of aliphatic hydroxyl groups is 1. The lowest BCUT2D eigenvalue weighted by molar-refractivity contribution is -0.133. The monoisotopic (exact) mass is 708 g/mol. The molecule has 0 aromatic heterocycles. The smallest absolute Gasteiger partial charge is 0.244 e. The molecule has 1 saturated heterocycles. The Balaban J connectivity index is 1.61. The lowest BCUT2D eigenvalue weighted by Crippen LogP contribution is -2.64. The molecule has 1 aliphatic carbocycles. The van der Waals surface area contributed by atoms with Gasteiger partial charge in [-0.2, -0.15) is 0 Å². The summed E-state index contributed by atoms with van der Waals surface area (Å²) in [6.07, 6.45) is 8.21. The topological polar surface area (TPSA) is 145 Å². The number of β-amino-alcohol motifs (C(OH)–C–C–N with tert-alkyl or cyclic N) is 1. The van der Waals surface area contributed by atoms with Crippen LogP contribution in [0.2, 0.25) is 0 Å². The predicted octanol–water partition coefficient (Wildman–Crippen LogP) is 3.89. The van der Waals surface area contributed by atoms with Gasteiger partial charge in [0.15, 0.2) is 9.84 Å². The molecule has 274 valence electrons. The van der Waals surface area contributed by atoms with Crippen LogP contribution in [0.15, 0.2) is 66.7 Å². The molecule has 2 aromatic carbocycles. The lowest BCUT2D eigenvalue weighted by Gasteiger charge is -2.47. The van der Waals surface area contributed by atoms with Crippen LogP contribution in [0, 0.1) is 11.8 Å². The molecule has 1 aliphatic heterocycles. The number of nitrogens with one attached hydrogen (secondary N) is 3. The number of nitrogens with zero attached hydrogens (tertiary/aromatic N) is 1. The molecular weight excluding hydrogens is 653 g/mol. The third-order valence-corrected chi connectivity index (χ3v) is 12.4. The summed E-state index contributed by atoms with van der Waals surface area (Å²) in [5, 5.41) is 20.6. The summed E-state index contributed by atoms with van der Waals surface area (Å²) in [5.74, 6) is -0.551. The summed E-state index contributed by atoms with van der Waals surface area (Å²) in [4.78, 5) is 43.0. The lowest BCUT2D eigenvalue weighted by atomic mass is 9.72. The number of hydrogen-bond acceptors (Lipinski definition) is 7. The summed E-state index contributed by atoms with van der Waals surface area (Å²) in [6, 6.07) is 15.8. The fourth-order valence-corrected chi connectivity index (χ4v) is 7.70. The van der Waals surface area contributed by atoms with Gasteiger partial charge in [-0.15, -0.1) is 0 Å². The second kappa shape index (κ2) is 16.7. The van der Waals surface area contributed by atoms with Gasteiger partial charge in [-0.25, -0.2) is 8.42 Å². The normalized spacial score (nSPS) is 22.2. The van der Waals surface area contributed by atoms with Gasteiger partial charge in [0, 0.05) is 31.0 Å². The van der Waals surface area contributed by atoms with Gasteiger partial charge in [0.25, 0.3) is 0 Å². The predicted molar refractivity (Wildman–Crippen MR) is 198 cm³/mol. The van der Waals surface area contributed by atoms with E-state index in [1.54, 1.807) is 6.08 Å². The largest absolute Gasteiger partial charge is 0.390 e. The summed E-state index contributed by atoms with van der Waals surface area (Å²) in [5.41, 5.74) is 1.21. The van der Waals surface area contributed by atoms with Gasteiger partial charge in [-0.3, -0.25) is 19.3 Å². The van der Waals surface area contributed by atoms with E-state index in [1.165, 1.54) is 19.9 Å². The summed E-state index contributed by atoms with van der Waals surface area (Å²) >= 11 is 0. The van der Waals surface area contributed by atoms with Gasteiger partial charge in [0.1, 0.15) is 6.04 Å². The number of likely N-dealkylation sites (tertiary alicyclic amines) is 1. The highest BCUT2D eigenvalue weighted by atomic mass is 32.2. The van der Waals surface area contributed by atoms with Crippen molar-refractivity contribution in [2.24, 2.45) is 11.8 Å². The molecule has 4 rings (SSSR count). The number of amides is 3. The van der Waals surface area contributed by atoms with E-state index in [0.717, 1.165) is 43.1 Å². The Morgan fingerprint density at radius 2 is 1.52 bits per heavy atom. The minimum atomic E-state index is -3.86. The van der Waals surface area contributed by atoms with Crippen molar-refractivity contribution in [1.29, 1.82) is 0 Å². The first-order valence-electron chi connectivity index (χ1n) is 17.8. The molecular formula is C39H56N4O6S. The summed E-state index contributed by atoms with van der Waals surface area (Å²) in [6.45, 7) is 9.47. The Bertz CT molecular complexity index is 1590. The average molecular weight is 709 g/mol. The third-order valence-electron chi connectivity index (χ3n) is 10.2. The maximum atomic E-state index is 14.2. The van der Waals surface area contributed by atoms with E-state index in [4.69, 9.17) is 0 Å². The number of rotatable bonds is 13. The number of fused-ring (bicyclic) bond motifs is 1. The molecule has 6 atom stereocenters. The Labute approximate surface area is 298 Å². The van der Waals surface area contributed by atoms with Crippen LogP contribution in [0.4, 0.5) is 0 Å². The number of piperidine rings is 1. The van der Waals surface area contributed by atoms with Gasteiger partial charge in [-0.05, 0) is 82.9 Å². The Morgan fingerprint density at radius 3 is 2.12 bits per heavy atom. The maximum absolute atomic E-state index is 14.2. The first-order valence-corrected chi connectivity index (χ1v) is 19.7. The molecule has 10 nitrogen and oxygen atoms in total. The second-order valence-electron chi connectivity index (χ2n) is 15.7. The van der Waals surface area contributed by atoms with Gasteiger partial charge >= 0.3 is 0 Å². The Morgan fingerprint density at radius 1 is 0.920 bits per heavy atom. The van der Waals surface area contributed by atoms with E-state index in [1.807, 2.05) is 81.4 Å². The number of sulfone groups is 1. The van der Waals surface area contributed by atoms with Crippen LogP contribution in [0.1, 0.15) is 77.8 Å². The minimum absolute atomic E-state index is 0.0707. The molecule has 3 unspecified atom stereocenters. The van der Waals surface area contributed by atoms with E-state index in [-0.39, 0.29) is 18.9 Å². The van der Waals surface area contributed by atoms with Crippen LogP contribution >= 0.6 is 0 Å². The minimum Gasteiger partial charge on any atom is -0.390 e. The molecule has 2 fully saturated rings. The quantitative estimate of drug-likeness (QED) is 0.231. The van der Waals surface area contributed by atoms with Crippen LogP contribution in [0.25, 0.3) is 6.08 Å². The molecule has 3 amide bonds. The molecule has 2 aromatic rings. The zero-order valence-corrected chi connectivity index (χ0v) is 31.2. The van der Waals surface area contributed by atoms with Crippen molar-refractivity contribution in [1.82, 2.24) is 20.9 Å². The molecule has 0 bridgehead atoms. The fourth-order valence-electron chi connectivity index (χ4n) is 7.11. The molecule has 2 aliphatic rings. The second-order valence-corrected chi connectivity index (χ2v) is 18.3. The highest BCUT2D eigenvalue weighted by Gasteiger charge is 2.46. The number of carbonyl (C=O) groups is 3. The van der Waals surface area contributed by atoms with Gasteiger partial charge in [0.05, 0.1) is 22.9 Å². The molecule has 1 heterocycles. The molecule has 4 N–H and O–H groups in total. The van der Waals surface area contributed by atoms with Gasteiger partial charge in [0.2, 0.25) is 17.7 Å². The molecule has 1 saturated carbocycles. The van der Waals surface area contributed by atoms with Crippen LogP contribution in [-0.4, -0.2) is 90.0 Å². The standard InChI is InChI=1S/C39H56N4O6S/c1-38(2,3)42-36(46)32-24-29-19-13-14-20-30(29)25-43(32)26-33(44)31(23-28-17-11-8-12-18-28)40-37(47)35(39(4,5)50(6,48)49)41-34(45)22-21-27-15-9-7-10-16-27/h7-12,15-18,21-22,29-33,35,44H,13-14,19-20,23-26H2,1-6H3,(H,40,47)(H,41,45)(H,42,46)/b22-21+/t29-,30+,31?,32?,33?,35+/m0/s1. The first-order chi connectivity index (χ1) is 23.4. The maximum Gasteiger partial charge on any atom is 0.244 e. The number of benzene rings is 2. The SMILES string of the molecule is CC(C)(C)NC(=O)C1C[C@@H]2CCCC[C@@H]2CN1CC(O)C(Cc1ccccc1)NC(=O)[C@@H](NC(=O)/C=C/c1ccccc1)C(C)(C)S(C)(=O)=O. The summed E-state index contributed by atoms with van der Waals surface area (Å²) in [7, 11) is -3.86. The van der Waals surface area contributed by atoms with E-state index in [9.17, 15) is 27.9 Å². The van der Waals surface area contributed by atoms with Crippen LogP contribution in [-0.2, 0) is 30.6 Å². The van der Waals surface area contributed by atoms with Crippen molar-refractivity contribution >= 4 is 33.6 Å². The van der Waals surface area contributed by atoms with E-state index < -0.39 is 56.2 Å². The van der Waals surface area contributed by atoms with E-state index >= 15 is 0 Å². The number of carbonyl (C=O) groups excluding carboxylic acids is 3.